The number of anilines is 6. The second-order valence-corrected chi connectivity index (χ2v) is 38.2. The van der Waals surface area contributed by atoms with Crippen LogP contribution in [0.25, 0.3) is 76.4 Å². The summed E-state index contributed by atoms with van der Waals surface area (Å²) in [5.74, 6) is 3.33. The highest BCUT2D eigenvalue weighted by atomic mass is 79.9. The summed E-state index contributed by atoms with van der Waals surface area (Å²) in [5.41, 5.74) is 15.1. The highest BCUT2D eigenvalue weighted by molar-refractivity contribution is 9.10. The van der Waals surface area contributed by atoms with Gasteiger partial charge in [0.1, 0.15) is 5.00 Å². The predicted molar refractivity (Wildman–Crippen MR) is 478 cm³/mol. The third-order valence-corrected chi connectivity index (χ3v) is 28.4. The van der Waals surface area contributed by atoms with Crippen molar-refractivity contribution in [2.75, 3.05) is 9.80 Å². The van der Waals surface area contributed by atoms with Crippen LogP contribution in [0.15, 0.2) is 272 Å². The molecule has 532 valence electrons. The fourth-order valence-corrected chi connectivity index (χ4v) is 18.8. The van der Waals surface area contributed by atoms with E-state index < -0.39 is 18.3 Å². The van der Waals surface area contributed by atoms with Crippen molar-refractivity contribution in [2.45, 2.75) is 77.4 Å². The van der Waals surface area contributed by atoms with E-state index in [1.165, 1.54) is 110 Å². The molecule has 24 heteroatoms. The molecule has 10 nitrogen and oxygen atoms in total. The second-order valence-electron chi connectivity index (χ2n) is 26.5. The Balaban J connectivity index is 0.000000148. The molecule has 14 aromatic rings. The van der Waals surface area contributed by atoms with Crippen LogP contribution in [0.5, 0.6) is 0 Å². The largest absolute Gasteiger partial charge is 0.498 e. The fraction of sp³-hybridized carbons (Fsp3) is 0.146. The van der Waals surface area contributed by atoms with Crippen LogP contribution in [0, 0.1) is 0 Å². The smallest absolute Gasteiger partial charge is 0.399 e. The lowest BCUT2D eigenvalue weighted by molar-refractivity contribution is 0.00578. The lowest BCUT2D eigenvalue weighted by Crippen LogP contribution is -2.41. The Bertz CT molecular complexity index is 5490. The van der Waals surface area contributed by atoms with E-state index in [1.54, 1.807) is 11.3 Å². The Hall–Kier alpha value is -7.39. The molecule has 0 amide bonds. The van der Waals surface area contributed by atoms with E-state index in [-0.39, 0.29) is 20.7 Å². The summed E-state index contributed by atoms with van der Waals surface area (Å²) in [5, 5.41) is 3.53. The summed E-state index contributed by atoms with van der Waals surface area (Å²) in [4.78, 5) is 34.3. The third kappa shape index (κ3) is 16.3. The van der Waals surface area contributed by atoms with Crippen LogP contribution in [0.2, 0.25) is 0 Å². The number of halogens is 1. The Morgan fingerprint density at radius 3 is 1.04 bits per heavy atom. The first-order chi connectivity index (χ1) is 50.9. The minimum atomic E-state index is -0.439. The zero-order chi connectivity index (χ0) is 73.5. The van der Waals surface area contributed by atoms with Crippen molar-refractivity contribution >= 4 is 204 Å². The molecule has 0 saturated carbocycles. The molecule has 10 aromatic carbocycles. The molecule has 1 atom stereocenters. The van der Waals surface area contributed by atoms with Gasteiger partial charge in [0.05, 0.1) is 44.5 Å². The van der Waals surface area contributed by atoms with Gasteiger partial charge in [0, 0.05) is 142 Å². The molecule has 1 fully saturated rings. The summed E-state index contributed by atoms with van der Waals surface area (Å²) in [6.07, 6.45) is 0. The quantitative estimate of drug-likeness (QED) is 0.107. The maximum Gasteiger partial charge on any atom is 0.498 e. The Labute approximate surface area is 673 Å². The van der Waals surface area contributed by atoms with Crippen molar-refractivity contribution in [1.82, 2.24) is 29.9 Å². The molecule has 0 aliphatic carbocycles. The molecular weight excluding hydrogens is 1600 g/mol. The lowest BCUT2D eigenvalue weighted by atomic mass is 9.73. The van der Waals surface area contributed by atoms with Crippen molar-refractivity contribution in [3.05, 3.63) is 294 Å². The topological polar surface area (TPSA) is 102 Å². The molecule has 3 aliphatic rings. The van der Waals surface area contributed by atoms with E-state index in [0.717, 1.165) is 43.3 Å². The zero-order valence-corrected chi connectivity index (χ0v) is 70.9. The molecule has 1 saturated heterocycles. The van der Waals surface area contributed by atoms with Gasteiger partial charge < -0.3 is 19.1 Å². The maximum absolute atomic E-state index is 6.62. The monoisotopic (exact) mass is 1670 g/mol. The van der Waals surface area contributed by atoms with Gasteiger partial charge in [0.2, 0.25) is 4.73 Å². The van der Waals surface area contributed by atoms with Crippen molar-refractivity contribution < 1.29 is 9.31 Å². The molecule has 3 aliphatic heterocycles. The van der Waals surface area contributed by atoms with E-state index in [9.17, 15) is 0 Å². The van der Waals surface area contributed by atoms with E-state index in [2.05, 4.69) is 311 Å². The van der Waals surface area contributed by atoms with Crippen LogP contribution in [0.4, 0.5) is 33.4 Å². The molecule has 0 radical (unpaired) electrons. The zero-order valence-electron chi connectivity index (χ0n) is 59.0. The number of benzene rings is 10. The third-order valence-electron chi connectivity index (χ3n) is 19.0. The SMILES string of the molecule is Brc1nc(-c2ccccc2)nc(-c2ccccc2)n1.CC1(C)c2ccccc2N(c2c(-c3nc(-c4ccccc4)nc(-c4ccccc4)n3)sc3ccccc23)c2ccccc21.CC1(C)c2ccccc2N(c2sc3ccccc3c2B2OC(C)(C)C(C)(C)O2)c2ccccc21.P.S=S=S=S.S=S=S=S=S. The Morgan fingerprint density at radius 1 is 0.358 bits per heavy atom. The van der Waals surface area contributed by atoms with Gasteiger partial charge in [-0.05, 0) is 108 Å². The Morgan fingerprint density at radius 2 is 0.670 bits per heavy atom. The number of aromatic nitrogens is 6. The second kappa shape index (κ2) is 34.5. The number of fused-ring (bicyclic) bond motifs is 6. The van der Waals surface area contributed by atoms with Gasteiger partial charge in [-0.3, -0.25) is 0 Å². The van der Waals surface area contributed by atoms with Crippen molar-refractivity contribution in [2.24, 2.45) is 0 Å². The standard InChI is InChI=1S/C38H28N4S.C29H30BNO2S.C15H10BrN3.H3P.S5.S4/c1-38(2)28-20-10-12-22-30(28)42(31-23-13-11-21-29(31)38)33-27-19-9-14-24-32(27)43-34(33)37-40-35(25-15-5-3-6-16-25)39-36(41-37)26-17-7-4-8-18-26;1-27(2)20-14-8-10-16-22(20)31(23-17-11-9-15-21(23)27)26-25(19-13-7-12-18-24(19)34-26)30-32-28(3,4)29(5,6)33-30;16-15-18-13(11-7-3-1-4-8-11)17-14(19-15)12-9-5-2-6-10-12;;1-3-5-4-2;1-3-4-2/h3-24H,1-2H3;7-18H,1-6H3;1-10H;1H3;;. The van der Waals surface area contributed by atoms with Crippen molar-refractivity contribution in [1.29, 1.82) is 0 Å². The molecule has 0 bridgehead atoms. The highest BCUT2D eigenvalue weighted by Gasteiger charge is 2.54. The molecule has 7 heterocycles. The molecule has 17 rings (SSSR count). The maximum atomic E-state index is 6.62. The summed E-state index contributed by atoms with van der Waals surface area (Å²) < 4.78 is 16.2. The number of hydrogen-bond acceptors (Lipinski definition) is 16. The van der Waals surface area contributed by atoms with Crippen LogP contribution in [0.1, 0.15) is 77.6 Å². The summed E-state index contributed by atoms with van der Waals surface area (Å²) in [6, 6.07) is 92.4. The summed E-state index contributed by atoms with van der Waals surface area (Å²) in [6.45, 7) is 17.8. The highest BCUT2D eigenvalue weighted by Crippen LogP contribution is 2.58. The number of thiophene rings is 2. The minimum absolute atomic E-state index is 0. The van der Waals surface area contributed by atoms with Crippen LogP contribution in [-0.4, -0.2) is 48.2 Å². The number of rotatable bonds is 8. The van der Waals surface area contributed by atoms with E-state index in [4.69, 9.17) is 24.3 Å². The van der Waals surface area contributed by atoms with Crippen LogP contribution in [-0.2, 0) is 109 Å². The van der Waals surface area contributed by atoms with E-state index in [0.29, 0.717) is 33.9 Å². The van der Waals surface area contributed by atoms with E-state index >= 15 is 0 Å². The molecular formula is C82H71BBrN8O2PS11. The van der Waals surface area contributed by atoms with Gasteiger partial charge in [-0.1, -0.05) is 258 Å². The summed E-state index contributed by atoms with van der Waals surface area (Å²) >= 11 is 24.4. The fourth-order valence-electron chi connectivity index (χ4n) is 13.3. The number of nitrogens with zero attached hydrogens (tertiary/aromatic N) is 8. The van der Waals surface area contributed by atoms with Gasteiger partial charge in [0.25, 0.3) is 0 Å². The Kier molecular flexibility index (Phi) is 25.4. The van der Waals surface area contributed by atoms with Crippen molar-refractivity contribution in [3.63, 3.8) is 0 Å². The van der Waals surface area contributed by atoms with Gasteiger partial charge in [-0.2, -0.15) is 9.90 Å². The number of para-hydroxylation sites is 4. The average Bonchev–Trinajstić information content (AvgIpc) is 1.34. The minimum Gasteiger partial charge on any atom is -0.399 e. The van der Waals surface area contributed by atoms with Gasteiger partial charge in [-0.15, -0.1) is 22.7 Å². The predicted octanol–water partition coefficient (Wildman–Crippen LogP) is 21.5. The average molecular weight is 1670 g/mol. The lowest BCUT2D eigenvalue weighted by Gasteiger charge is -2.42. The molecule has 1 unspecified atom stereocenters. The first-order valence-corrected chi connectivity index (χ1v) is 45.2. The first-order valence-electron chi connectivity index (χ1n) is 33.5. The summed E-state index contributed by atoms with van der Waals surface area (Å²) in [7, 11) is 5.85. The molecule has 0 spiro atoms. The van der Waals surface area contributed by atoms with Gasteiger partial charge in [0.15, 0.2) is 29.1 Å². The first kappa shape index (κ1) is 78.2. The number of hydrogen-bond donors (Lipinski definition) is 0. The normalized spacial score (nSPS) is 14.1. The van der Waals surface area contributed by atoms with Crippen LogP contribution >= 0.6 is 48.5 Å². The van der Waals surface area contributed by atoms with E-state index in [1.807, 2.05) is 108 Å². The van der Waals surface area contributed by atoms with Crippen LogP contribution < -0.4 is 15.3 Å². The molecule has 0 N–H and O–H groups in total. The van der Waals surface area contributed by atoms with Gasteiger partial charge in [-0.25, -0.2) is 29.9 Å². The molecule has 106 heavy (non-hydrogen) atoms. The van der Waals surface area contributed by atoms with Crippen LogP contribution in [0.3, 0.4) is 0 Å². The molecule has 4 aromatic heterocycles. The van der Waals surface area contributed by atoms with Gasteiger partial charge >= 0.3 is 7.12 Å². The van der Waals surface area contributed by atoms with Crippen molar-refractivity contribution in [3.8, 4) is 56.3 Å².